The highest BCUT2D eigenvalue weighted by Gasteiger charge is 2.31. The van der Waals surface area contributed by atoms with Crippen LogP contribution in [0.2, 0.25) is 0 Å². The van der Waals surface area contributed by atoms with Crippen molar-refractivity contribution in [3.05, 3.63) is 66.0 Å². The van der Waals surface area contributed by atoms with Crippen molar-refractivity contribution in [1.29, 1.82) is 0 Å². The molecule has 2 aromatic rings. The van der Waals surface area contributed by atoms with Gasteiger partial charge in [-0.3, -0.25) is 14.6 Å². The van der Waals surface area contributed by atoms with Crippen molar-refractivity contribution in [3.8, 4) is 0 Å². The van der Waals surface area contributed by atoms with Gasteiger partial charge in [0.2, 0.25) is 5.91 Å². The van der Waals surface area contributed by atoms with Gasteiger partial charge in [0.05, 0.1) is 18.6 Å². The fraction of sp³-hybridized carbons (Fsp3) is 0.316. The van der Waals surface area contributed by atoms with Gasteiger partial charge in [0.15, 0.2) is 0 Å². The topological polar surface area (TPSA) is 82.5 Å². The molecule has 1 aliphatic heterocycles. The molecule has 0 aliphatic carbocycles. The van der Waals surface area contributed by atoms with Gasteiger partial charge in [-0.05, 0) is 30.2 Å². The Morgan fingerprint density at radius 3 is 2.68 bits per heavy atom. The number of nitrogens with zero attached hydrogens (tertiary/aromatic N) is 2. The summed E-state index contributed by atoms with van der Waals surface area (Å²) < 4.78 is 0. The number of amides is 2. The first kappa shape index (κ1) is 17.1. The molecule has 130 valence electrons. The molecule has 0 unspecified atom stereocenters. The third-order valence-corrected chi connectivity index (χ3v) is 4.32. The number of aliphatic hydroxyl groups excluding tert-OH is 1. The molecule has 0 saturated carbocycles. The summed E-state index contributed by atoms with van der Waals surface area (Å²) in [5, 5.41) is 13.2. The third-order valence-electron chi connectivity index (χ3n) is 4.32. The van der Waals surface area contributed by atoms with Crippen LogP contribution >= 0.6 is 0 Å². The Hall–Kier alpha value is -2.73. The highest BCUT2D eigenvalue weighted by atomic mass is 16.3. The number of piperidine rings is 1. The van der Waals surface area contributed by atoms with E-state index in [0.29, 0.717) is 18.5 Å². The second-order valence-corrected chi connectivity index (χ2v) is 6.19. The lowest BCUT2D eigenvalue weighted by molar-refractivity contribution is -0.122. The maximum atomic E-state index is 12.4. The Kier molecular flexibility index (Phi) is 5.40. The molecule has 2 amide bonds. The Morgan fingerprint density at radius 1 is 1.20 bits per heavy atom. The Labute approximate surface area is 146 Å². The van der Waals surface area contributed by atoms with E-state index in [4.69, 9.17) is 0 Å². The highest BCUT2D eigenvalue weighted by molar-refractivity contribution is 5.94. The van der Waals surface area contributed by atoms with E-state index in [0.717, 1.165) is 5.56 Å². The van der Waals surface area contributed by atoms with Crippen molar-refractivity contribution in [2.45, 2.75) is 25.0 Å². The predicted octanol–water partition coefficient (Wildman–Crippen LogP) is 1.02. The first-order chi connectivity index (χ1) is 12.1. The molecule has 0 bridgehead atoms. The maximum absolute atomic E-state index is 12.4. The second-order valence-electron chi connectivity index (χ2n) is 6.19. The number of pyridine rings is 1. The highest BCUT2D eigenvalue weighted by Crippen LogP contribution is 2.15. The van der Waals surface area contributed by atoms with Crippen LogP contribution in [-0.2, 0) is 11.2 Å². The zero-order chi connectivity index (χ0) is 17.6. The molecule has 1 aromatic heterocycles. The average Bonchev–Trinajstić information content (AvgIpc) is 2.64. The van der Waals surface area contributed by atoms with Gasteiger partial charge >= 0.3 is 0 Å². The van der Waals surface area contributed by atoms with Crippen LogP contribution in [0.4, 0.5) is 0 Å². The maximum Gasteiger partial charge on any atom is 0.253 e. The molecule has 1 aromatic carbocycles. The minimum absolute atomic E-state index is 0.0974. The number of rotatable bonds is 4. The van der Waals surface area contributed by atoms with Crippen LogP contribution < -0.4 is 5.32 Å². The summed E-state index contributed by atoms with van der Waals surface area (Å²) in [6.07, 6.45) is 3.28. The van der Waals surface area contributed by atoms with Gasteiger partial charge < -0.3 is 15.3 Å². The molecule has 1 aliphatic rings. The summed E-state index contributed by atoms with van der Waals surface area (Å²) in [7, 11) is 0. The fourth-order valence-corrected chi connectivity index (χ4v) is 2.99. The summed E-state index contributed by atoms with van der Waals surface area (Å²) in [5.74, 6) is -0.250. The van der Waals surface area contributed by atoms with E-state index in [2.05, 4.69) is 10.3 Å². The second kappa shape index (κ2) is 7.90. The lowest BCUT2D eigenvalue weighted by atomic mass is 10.0. The first-order valence-corrected chi connectivity index (χ1v) is 8.34. The van der Waals surface area contributed by atoms with Crippen molar-refractivity contribution in [2.75, 3.05) is 13.1 Å². The van der Waals surface area contributed by atoms with E-state index in [9.17, 15) is 14.7 Å². The molecule has 3 rings (SSSR count). The van der Waals surface area contributed by atoms with Gasteiger partial charge in [-0.2, -0.15) is 0 Å². The number of likely N-dealkylation sites (tertiary alicyclic amines) is 1. The quantitative estimate of drug-likeness (QED) is 0.871. The number of hydrogen-bond acceptors (Lipinski definition) is 4. The molecule has 2 heterocycles. The first-order valence-electron chi connectivity index (χ1n) is 8.34. The van der Waals surface area contributed by atoms with Gasteiger partial charge in [0.1, 0.15) is 0 Å². The van der Waals surface area contributed by atoms with Crippen molar-refractivity contribution < 1.29 is 14.7 Å². The van der Waals surface area contributed by atoms with Crippen LogP contribution in [0.25, 0.3) is 0 Å². The molecule has 2 N–H and O–H groups in total. The number of carbonyl (C=O) groups is 2. The van der Waals surface area contributed by atoms with Gasteiger partial charge in [-0.1, -0.05) is 24.3 Å². The van der Waals surface area contributed by atoms with Crippen LogP contribution in [0, 0.1) is 0 Å². The monoisotopic (exact) mass is 339 g/mol. The van der Waals surface area contributed by atoms with Crippen molar-refractivity contribution in [1.82, 2.24) is 15.2 Å². The number of aromatic nitrogens is 1. The minimum atomic E-state index is -0.778. The number of aliphatic hydroxyl groups is 1. The molecular weight excluding hydrogens is 318 g/mol. The molecule has 2 atom stereocenters. The lowest BCUT2D eigenvalue weighted by Crippen LogP contribution is -2.55. The van der Waals surface area contributed by atoms with Gasteiger partial charge in [0, 0.05) is 31.0 Å². The molecule has 6 nitrogen and oxygen atoms in total. The molecular formula is C19H21N3O3. The Bertz CT molecular complexity index is 721. The van der Waals surface area contributed by atoms with Crippen molar-refractivity contribution in [3.63, 3.8) is 0 Å². The molecule has 0 radical (unpaired) electrons. The van der Waals surface area contributed by atoms with Gasteiger partial charge in [0.25, 0.3) is 5.91 Å². The standard InChI is InChI=1S/C19H21N3O3/c23-17-13-22(19(25)15-6-2-1-3-7-15)10-8-16(17)21-18(24)11-14-5-4-9-20-12-14/h1-7,9,12,16-17,23H,8,10-11,13H2,(H,21,24)/t16-,17-/m1/s1. The summed E-state index contributed by atoms with van der Waals surface area (Å²) in [6.45, 7) is 0.716. The van der Waals surface area contributed by atoms with Crippen molar-refractivity contribution >= 4 is 11.8 Å². The largest absolute Gasteiger partial charge is 0.389 e. The lowest BCUT2D eigenvalue weighted by Gasteiger charge is -2.36. The SMILES string of the molecule is O=C(Cc1cccnc1)N[C@@H]1CCN(C(=O)c2ccccc2)C[C@H]1O. The van der Waals surface area contributed by atoms with Gasteiger partial charge in [-0.15, -0.1) is 0 Å². The van der Waals surface area contributed by atoms with Crippen LogP contribution in [0.5, 0.6) is 0 Å². The molecule has 25 heavy (non-hydrogen) atoms. The predicted molar refractivity (Wildman–Crippen MR) is 92.8 cm³/mol. The zero-order valence-corrected chi connectivity index (χ0v) is 13.8. The number of β-amino-alcohol motifs (C(OH)–C–C–N with tert-alkyl or cyclic N) is 1. The Morgan fingerprint density at radius 2 is 2.00 bits per heavy atom. The molecule has 1 fully saturated rings. The number of nitrogens with one attached hydrogen (secondary N) is 1. The van der Waals surface area contributed by atoms with E-state index < -0.39 is 6.10 Å². The summed E-state index contributed by atoms with van der Waals surface area (Å²) >= 11 is 0. The summed E-state index contributed by atoms with van der Waals surface area (Å²) in [6, 6.07) is 12.3. The number of hydrogen-bond donors (Lipinski definition) is 2. The van der Waals surface area contributed by atoms with E-state index in [-0.39, 0.29) is 30.8 Å². The van der Waals surface area contributed by atoms with Crippen LogP contribution in [0.3, 0.4) is 0 Å². The summed E-state index contributed by atoms with van der Waals surface area (Å²) in [5.41, 5.74) is 1.43. The van der Waals surface area contributed by atoms with Gasteiger partial charge in [-0.25, -0.2) is 0 Å². The van der Waals surface area contributed by atoms with Crippen LogP contribution in [0.1, 0.15) is 22.3 Å². The fourth-order valence-electron chi connectivity index (χ4n) is 2.99. The molecule has 1 saturated heterocycles. The average molecular weight is 339 g/mol. The van der Waals surface area contributed by atoms with E-state index in [1.54, 1.807) is 35.5 Å². The van der Waals surface area contributed by atoms with Crippen LogP contribution in [-0.4, -0.2) is 52.0 Å². The zero-order valence-electron chi connectivity index (χ0n) is 13.8. The number of benzene rings is 1. The molecule has 6 heteroatoms. The molecule has 0 spiro atoms. The minimum Gasteiger partial charge on any atom is -0.389 e. The smallest absolute Gasteiger partial charge is 0.253 e. The normalized spacial score (nSPS) is 20.1. The van der Waals surface area contributed by atoms with E-state index in [1.165, 1.54) is 0 Å². The number of carbonyl (C=O) groups excluding carboxylic acids is 2. The summed E-state index contributed by atoms with van der Waals surface area (Å²) in [4.78, 5) is 30.2. The van der Waals surface area contributed by atoms with Crippen LogP contribution in [0.15, 0.2) is 54.9 Å². The third kappa shape index (κ3) is 4.42. The van der Waals surface area contributed by atoms with E-state index in [1.807, 2.05) is 24.3 Å². The Balaban J connectivity index is 1.53. The van der Waals surface area contributed by atoms with E-state index >= 15 is 0 Å². The van der Waals surface area contributed by atoms with Crippen molar-refractivity contribution in [2.24, 2.45) is 0 Å².